The Kier molecular flexibility index (Phi) is 8.71. The Morgan fingerprint density at radius 3 is 1.70 bits per heavy atom. The Morgan fingerprint density at radius 1 is 0.926 bits per heavy atom. The number of ether oxygens (including phenoxy) is 3. The van der Waals surface area contributed by atoms with E-state index in [0.29, 0.717) is 24.2 Å². The number of benzene rings is 2. The Hall–Kier alpha value is -1.96. The average Bonchev–Trinajstić information content (AvgIpc) is 3.60. The molecule has 4 N–H and O–H groups in total. The van der Waals surface area contributed by atoms with Crippen molar-refractivity contribution in [3.63, 3.8) is 0 Å². The van der Waals surface area contributed by atoms with E-state index in [1.807, 2.05) is 36.4 Å². The van der Waals surface area contributed by atoms with Crippen LogP contribution < -0.4 is 5.73 Å². The van der Waals surface area contributed by atoms with E-state index in [1.165, 1.54) is 0 Å². The van der Waals surface area contributed by atoms with Crippen LogP contribution in [0.25, 0.3) is 0 Å². The lowest BCUT2D eigenvalue weighted by Crippen LogP contribution is -2.23. The van der Waals surface area contributed by atoms with E-state index in [0.717, 1.165) is 32.1 Å². The predicted octanol–water partition coefficient (Wildman–Crippen LogP) is 2.30. The van der Waals surface area contributed by atoms with E-state index in [9.17, 15) is 10.2 Å². The normalized spacial score (nSPS) is 19.8. The highest BCUT2D eigenvalue weighted by molar-refractivity contribution is 5.35. The molecule has 0 aromatic heterocycles. The van der Waals surface area contributed by atoms with Gasteiger partial charge in [0.15, 0.2) is 5.79 Å². The first-order valence-electron chi connectivity index (χ1n) is 9.13. The molecule has 2 aliphatic rings. The number of para-hydroxylation sites is 1. The summed E-state index contributed by atoms with van der Waals surface area (Å²) in [6.07, 6.45) is 1.09. The molecule has 0 radical (unpaired) electrons. The first-order valence-corrected chi connectivity index (χ1v) is 9.13. The van der Waals surface area contributed by atoms with Gasteiger partial charge in [0.2, 0.25) is 0 Å². The molecule has 4 rings (SSSR count). The van der Waals surface area contributed by atoms with Gasteiger partial charge in [-0.05, 0) is 12.1 Å². The van der Waals surface area contributed by atoms with Gasteiger partial charge in [-0.15, -0.1) is 0 Å². The molecule has 0 saturated carbocycles. The van der Waals surface area contributed by atoms with Crippen LogP contribution in [0.2, 0.25) is 0 Å². The molecule has 2 heterocycles. The fourth-order valence-corrected chi connectivity index (χ4v) is 2.02. The van der Waals surface area contributed by atoms with Crippen molar-refractivity contribution in [2.45, 2.75) is 31.3 Å². The van der Waals surface area contributed by atoms with Gasteiger partial charge < -0.3 is 30.2 Å². The third-order valence-electron chi connectivity index (χ3n) is 3.94. The van der Waals surface area contributed by atoms with E-state index < -0.39 is 5.79 Å². The van der Waals surface area contributed by atoms with Gasteiger partial charge in [0.25, 0.3) is 0 Å². The standard InChI is InChI=1S/C9H12O2.C6H7N.C6H10O3/c1-2-9(10,11)8-6-4-3-5-7-8;7-6-4-2-1-3-5-6;1(5-3-8-5)7-2-6-4-9-6/h3-7,10-11H,2H2,1H3;1-5H,7H2;5-6H,1-4H2. The first-order chi connectivity index (χ1) is 13.0. The van der Waals surface area contributed by atoms with Crippen molar-refractivity contribution < 1.29 is 24.4 Å². The highest BCUT2D eigenvalue weighted by atomic mass is 16.6. The van der Waals surface area contributed by atoms with Crippen molar-refractivity contribution in [2.24, 2.45) is 0 Å². The third kappa shape index (κ3) is 9.51. The van der Waals surface area contributed by atoms with Crippen LogP contribution in [-0.4, -0.2) is 48.8 Å². The Morgan fingerprint density at radius 2 is 1.37 bits per heavy atom. The predicted molar refractivity (Wildman–Crippen MR) is 104 cm³/mol. The molecule has 2 unspecified atom stereocenters. The largest absolute Gasteiger partial charge is 0.399 e. The van der Waals surface area contributed by atoms with Crippen LogP contribution in [0.1, 0.15) is 18.9 Å². The van der Waals surface area contributed by atoms with Gasteiger partial charge >= 0.3 is 0 Å². The molecule has 2 atom stereocenters. The second-order valence-electron chi connectivity index (χ2n) is 6.40. The maximum absolute atomic E-state index is 9.35. The molecular formula is C21H29NO5. The third-order valence-corrected chi connectivity index (χ3v) is 3.94. The Bertz CT molecular complexity index is 616. The monoisotopic (exact) mass is 375 g/mol. The molecule has 6 heteroatoms. The summed E-state index contributed by atoms with van der Waals surface area (Å²) in [6.45, 7) is 4.99. The van der Waals surface area contributed by atoms with Crippen molar-refractivity contribution in [3.05, 3.63) is 66.2 Å². The lowest BCUT2D eigenvalue weighted by molar-refractivity contribution is -0.171. The Balaban J connectivity index is 0.000000149. The van der Waals surface area contributed by atoms with Crippen LogP contribution >= 0.6 is 0 Å². The molecule has 2 saturated heterocycles. The zero-order valence-electron chi connectivity index (χ0n) is 15.7. The quantitative estimate of drug-likeness (QED) is 0.407. The lowest BCUT2D eigenvalue weighted by Gasteiger charge is -2.19. The maximum Gasteiger partial charge on any atom is 0.189 e. The van der Waals surface area contributed by atoms with Gasteiger partial charge in [0.1, 0.15) is 12.2 Å². The highest BCUT2D eigenvalue weighted by Gasteiger charge is 2.26. The van der Waals surface area contributed by atoms with Gasteiger partial charge in [-0.3, -0.25) is 0 Å². The SMILES string of the molecule is C(OCC1CO1)C1CO1.CCC(O)(O)c1ccccc1.Nc1ccccc1. The van der Waals surface area contributed by atoms with Crippen LogP contribution in [0.15, 0.2) is 60.7 Å². The zero-order valence-corrected chi connectivity index (χ0v) is 15.7. The highest BCUT2D eigenvalue weighted by Crippen LogP contribution is 2.20. The molecule has 0 bridgehead atoms. The van der Waals surface area contributed by atoms with Crippen molar-refractivity contribution in [1.82, 2.24) is 0 Å². The zero-order chi connectivity index (χ0) is 19.5. The molecule has 6 nitrogen and oxygen atoms in total. The van der Waals surface area contributed by atoms with Crippen LogP contribution in [-0.2, 0) is 20.0 Å². The molecule has 2 aromatic rings. The minimum absolute atomic E-state index is 0.303. The Labute approximate surface area is 160 Å². The molecule has 2 aromatic carbocycles. The summed E-state index contributed by atoms with van der Waals surface area (Å²) in [7, 11) is 0. The molecule has 27 heavy (non-hydrogen) atoms. The average molecular weight is 375 g/mol. The first kappa shape index (κ1) is 21.3. The summed E-state index contributed by atoms with van der Waals surface area (Å²) in [6, 6.07) is 18.3. The number of hydrogen-bond donors (Lipinski definition) is 3. The van der Waals surface area contributed by atoms with E-state index in [2.05, 4.69) is 0 Å². The second-order valence-corrected chi connectivity index (χ2v) is 6.40. The molecule has 148 valence electrons. The van der Waals surface area contributed by atoms with Crippen LogP contribution in [0.4, 0.5) is 5.69 Å². The van der Waals surface area contributed by atoms with Crippen molar-refractivity contribution in [2.75, 3.05) is 32.2 Å². The van der Waals surface area contributed by atoms with Gasteiger partial charge in [0.05, 0.1) is 26.4 Å². The number of hydrogen-bond acceptors (Lipinski definition) is 6. The van der Waals surface area contributed by atoms with Crippen molar-refractivity contribution >= 4 is 5.69 Å². The topological polar surface area (TPSA) is 101 Å². The van der Waals surface area contributed by atoms with E-state index in [4.69, 9.17) is 19.9 Å². The molecular weight excluding hydrogens is 346 g/mol. The molecule has 2 aliphatic heterocycles. The second kappa shape index (κ2) is 11.0. The lowest BCUT2D eigenvalue weighted by atomic mass is 10.0. The fourth-order valence-electron chi connectivity index (χ4n) is 2.02. The van der Waals surface area contributed by atoms with Gasteiger partial charge in [-0.1, -0.05) is 55.5 Å². The van der Waals surface area contributed by atoms with Crippen molar-refractivity contribution in [3.8, 4) is 0 Å². The van der Waals surface area contributed by atoms with E-state index in [1.54, 1.807) is 31.2 Å². The summed E-state index contributed by atoms with van der Waals surface area (Å²) < 4.78 is 15.1. The summed E-state index contributed by atoms with van der Waals surface area (Å²) in [5.41, 5.74) is 6.72. The molecule has 0 aliphatic carbocycles. The number of rotatable bonds is 6. The molecule has 0 spiro atoms. The van der Waals surface area contributed by atoms with Crippen molar-refractivity contribution in [1.29, 1.82) is 0 Å². The summed E-state index contributed by atoms with van der Waals surface area (Å²) >= 11 is 0. The van der Waals surface area contributed by atoms with Crippen LogP contribution in [0, 0.1) is 0 Å². The van der Waals surface area contributed by atoms with Gasteiger partial charge in [0, 0.05) is 17.7 Å². The number of nitrogen functional groups attached to an aromatic ring is 1. The van der Waals surface area contributed by atoms with Crippen LogP contribution in [0.5, 0.6) is 0 Å². The van der Waals surface area contributed by atoms with Gasteiger partial charge in [-0.25, -0.2) is 0 Å². The number of epoxide rings is 2. The van der Waals surface area contributed by atoms with E-state index >= 15 is 0 Å². The van der Waals surface area contributed by atoms with E-state index in [-0.39, 0.29) is 0 Å². The fraction of sp³-hybridized carbons (Fsp3) is 0.429. The minimum Gasteiger partial charge on any atom is -0.399 e. The van der Waals surface area contributed by atoms with Crippen LogP contribution in [0.3, 0.4) is 0 Å². The minimum atomic E-state index is -1.67. The molecule has 0 amide bonds. The van der Waals surface area contributed by atoms with Gasteiger partial charge in [-0.2, -0.15) is 0 Å². The number of nitrogens with two attached hydrogens (primary N) is 1. The number of aliphatic hydroxyl groups is 2. The number of anilines is 1. The summed E-state index contributed by atoms with van der Waals surface area (Å²) in [5, 5.41) is 18.7. The summed E-state index contributed by atoms with van der Waals surface area (Å²) in [5.74, 6) is -1.67. The maximum atomic E-state index is 9.35. The molecule has 2 fully saturated rings. The smallest absolute Gasteiger partial charge is 0.189 e. The summed E-state index contributed by atoms with van der Waals surface area (Å²) in [4.78, 5) is 0.